The minimum Gasteiger partial charge on any atom is -0.497 e. The molecule has 1 fully saturated rings. The zero-order valence-corrected chi connectivity index (χ0v) is 23.7. The second-order valence-electron chi connectivity index (χ2n) is 10.2. The van der Waals surface area contributed by atoms with Gasteiger partial charge in [-0.2, -0.15) is 0 Å². The number of ether oxygens (including phenoxy) is 1. The van der Waals surface area contributed by atoms with Crippen LogP contribution in [-0.2, 0) is 4.79 Å². The molecule has 0 saturated carbocycles. The van der Waals surface area contributed by atoms with Crippen molar-refractivity contribution in [3.63, 3.8) is 0 Å². The van der Waals surface area contributed by atoms with E-state index in [2.05, 4.69) is 15.1 Å². The first kappa shape index (κ1) is 27.8. The summed E-state index contributed by atoms with van der Waals surface area (Å²) in [5, 5.41) is 8.87. The van der Waals surface area contributed by atoms with Crippen LogP contribution < -0.4 is 9.64 Å². The summed E-state index contributed by atoms with van der Waals surface area (Å²) in [6.07, 6.45) is 0. The van der Waals surface area contributed by atoms with E-state index in [1.165, 1.54) is 0 Å². The van der Waals surface area contributed by atoms with Gasteiger partial charge in [-0.05, 0) is 67.4 Å². The minimum absolute atomic E-state index is 0.0135. The second-order valence-corrected chi connectivity index (χ2v) is 10.2. The molecule has 0 radical (unpaired) electrons. The van der Waals surface area contributed by atoms with Crippen molar-refractivity contribution < 1.29 is 14.3 Å². The number of benzene rings is 3. The molecule has 2 amide bonds. The number of carbonyl (C=O) groups excluding carboxylic acids is 2. The standard InChI is InChI=1S/C33H35N5O3/c1-24-9-7-8-12-29(24)33(40)38(25(2)26-10-5-4-6-11-26)23-32(39)37-21-19-36(20-22-37)31-18-17-30(34-35-31)27-13-15-28(41-3)16-14-27/h4-18,25H,19-23H2,1-3H3. The summed E-state index contributed by atoms with van der Waals surface area (Å²) >= 11 is 0. The number of anilines is 1. The Balaban J connectivity index is 1.24. The summed E-state index contributed by atoms with van der Waals surface area (Å²) in [4.78, 5) is 32.9. The van der Waals surface area contributed by atoms with Crippen LogP contribution in [0.15, 0.2) is 91.0 Å². The van der Waals surface area contributed by atoms with Crippen molar-refractivity contribution in [3.05, 3.63) is 108 Å². The highest BCUT2D eigenvalue weighted by molar-refractivity contribution is 5.98. The van der Waals surface area contributed by atoms with Crippen molar-refractivity contribution in [3.8, 4) is 17.0 Å². The first-order valence-corrected chi connectivity index (χ1v) is 13.9. The molecule has 1 aliphatic rings. The lowest BCUT2D eigenvalue weighted by molar-refractivity contribution is -0.132. The van der Waals surface area contributed by atoms with Crippen LogP contribution in [0.4, 0.5) is 5.82 Å². The predicted molar refractivity (Wildman–Crippen MR) is 160 cm³/mol. The fourth-order valence-corrected chi connectivity index (χ4v) is 5.10. The van der Waals surface area contributed by atoms with Crippen molar-refractivity contribution in [2.24, 2.45) is 0 Å². The normalized spacial score (nSPS) is 13.9. The fourth-order valence-electron chi connectivity index (χ4n) is 5.10. The van der Waals surface area contributed by atoms with Crippen molar-refractivity contribution in [1.29, 1.82) is 0 Å². The number of aryl methyl sites for hydroxylation is 1. The SMILES string of the molecule is COc1ccc(-c2ccc(N3CCN(C(=O)CN(C(=O)c4ccccc4C)C(C)c4ccccc4)CC3)nn2)cc1. The zero-order valence-electron chi connectivity index (χ0n) is 23.7. The maximum atomic E-state index is 13.7. The molecule has 41 heavy (non-hydrogen) atoms. The highest BCUT2D eigenvalue weighted by Gasteiger charge is 2.29. The van der Waals surface area contributed by atoms with E-state index in [4.69, 9.17) is 4.74 Å². The molecule has 1 aliphatic heterocycles. The van der Waals surface area contributed by atoms with Gasteiger partial charge < -0.3 is 19.4 Å². The number of hydrogen-bond acceptors (Lipinski definition) is 6. The van der Waals surface area contributed by atoms with Gasteiger partial charge in [0, 0.05) is 37.3 Å². The van der Waals surface area contributed by atoms with Crippen LogP contribution in [0.5, 0.6) is 5.75 Å². The van der Waals surface area contributed by atoms with Crippen LogP contribution in [0.3, 0.4) is 0 Å². The van der Waals surface area contributed by atoms with E-state index in [0.717, 1.165) is 34.0 Å². The van der Waals surface area contributed by atoms with Gasteiger partial charge in [-0.15, -0.1) is 10.2 Å². The molecule has 0 spiro atoms. The van der Waals surface area contributed by atoms with Gasteiger partial charge in [0.2, 0.25) is 5.91 Å². The number of piperazine rings is 1. The molecule has 1 saturated heterocycles. The molecule has 0 bridgehead atoms. The number of methoxy groups -OCH3 is 1. The van der Waals surface area contributed by atoms with Crippen LogP contribution >= 0.6 is 0 Å². The van der Waals surface area contributed by atoms with E-state index in [0.29, 0.717) is 31.7 Å². The van der Waals surface area contributed by atoms with Crippen LogP contribution in [0, 0.1) is 6.92 Å². The van der Waals surface area contributed by atoms with E-state index < -0.39 is 0 Å². The molecule has 1 unspecified atom stereocenters. The molecule has 8 nitrogen and oxygen atoms in total. The maximum absolute atomic E-state index is 13.7. The Labute approximate surface area is 241 Å². The highest BCUT2D eigenvalue weighted by Crippen LogP contribution is 2.25. The van der Waals surface area contributed by atoms with E-state index in [9.17, 15) is 9.59 Å². The lowest BCUT2D eigenvalue weighted by atomic mass is 10.0. The fraction of sp³-hybridized carbons (Fsp3) is 0.273. The number of aromatic nitrogens is 2. The first-order chi connectivity index (χ1) is 19.9. The number of nitrogens with zero attached hydrogens (tertiary/aromatic N) is 5. The third-order valence-corrected chi connectivity index (χ3v) is 7.68. The molecule has 3 aromatic carbocycles. The van der Waals surface area contributed by atoms with Crippen molar-refractivity contribution in [2.45, 2.75) is 19.9 Å². The Morgan fingerprint density at radius 1 is 0.854 bits per heavy atom. The Hall–Kier alpha value is -4.72. The lowest BCUT2D eigenvalue weighted by Crippen LogP contribution is -2.52. The molecule has 0 aliphatic carbocycles. The van der Waals surface area contributed by atoms with Crippen molar-refractivity contribution >= 4 is 17.6 Å². The van der Waals surface area contributed by atoms with Gasteiger partial charge in [-0.1, -0.05) is 48.5 Å². The summed E-state index contributed by atoms with van der Waals surface area (Å²) < 4.78 is 5.23. The molecule has 210 valence electrons. The summed E-state index contributed by atoms with van der Waals surface area (Å²) in [6.45, 7) is 6.29. The number of rotatable bonds is 8. The summed E-state index contributed by atoms with van der Waals surface area (Å²) in [7, 11) is 1.64. The average Bonchev–Trinajstić information content (AvgIpc) is 3.04. The molecular formula is C33H35N5O3. The summed E-state index contributed by atoms with van der Waals surface area (Å²) in [5.41, 5.74) is 4.25. The Morgan fingerprint density at radius 3 is 2.17 bits per heavy atom. The monoisotopic (exact) mass is 549 g/mol. The number of carbonyl (C=O) groups is 2. The molecule has 2 heterocycles. The van der Waals surface area contributed by atoms with Gasteiger partial charge >= 0.3 is 0 Å². The number of hydrogen-bond donors (Lipinski definition) is 0. The van der Waals surface area contributed by atoms with Gasteiger partial charge in [0.25, 0.3) is 5.91 Å². The first-order valence-electron chi connectivity index (χ1n) is 13.9. The second kappa shape index (κ2) is 12.6. The van der Waals surface area contributed by atoms with Gasteiger partial charge in [-0.25, -0.2) is 0 Å². The van der Waals surface area contributed by atoms with Crippen molar-refractivity contribution in [2.75, 3.05) is 44.7 Å². The predicted octanol–water partition coefficient (Wildman–Crippen LogP) is 5.01. The molecule has 4 aromatic rings. The van der Waals surface area contributed by atoms with E-state index >= 15 is 0 Å². The largest absolute Gasteiger partial charge is 0.497 e. The van der Waals surface area contributed by atoms with Gasteiger partial charge in [-0.3, -0.25) is 9.59 Å². The van der Waals surface area contributed by atoms with E-state index in [1.54, 1.807) is 12.0 Å². The molecule has 1 aromatic heterocycles. The summed E-state index contributed by atoms with van der Waals surface area (Å²) in [5.74, 6) is 1.38. The van der Waals surface area contributed by atoms with E-state index in [1.807, 2.05) is 110 Å². The average molecular weight is 550 g/mol. The highest BCUT2D eigenvalue weighted by atomic mass is 16.5. The topological polar surface area (TPSA) is 78.9 Å². The number of amides is 2. The molecule has 0 N–H and O–H groups in total. The van der Waals surface area contributed by atoms with Crippen molar-refractivity contribution in [1.82, 2.24) is 20.0 Å². The third-order valence-electron chi connectivity index (χ3n) is 7.68. The molecule has 1 atom stereocenters. The third kappa shape index (κ3) is 6.38. The van der Waals surface area contributed by atoms with Gasteiger partial charge in [0.15, 0.2) is 5.82 Å². The van der Waals surface area contributed by atoms with Crippen LogP contribution in [0.1, 0.15) is 34.5 Å². The Kier molecular flexibility index (Phi) is 8.58. The molecule has 8 heteroatoms. The Morgan fingerprint density at radius 2 is 1.54 bits per heavy atom. The lowest BCUT2D eigenvalue weighted by Gasteiger charge is -2.37. The zero-order chi connectivity index (χ0) is 28.8. The van der Waals surface area contributed by atoms with Gasteiger partial charge in [0.05, 0.1) is 18.8 Å². The van der Waals surface area contributed by atoms with Crippen LogP contribution in [0.2, 0.25) is 0 Å². The smallest absolute Gasteiger partial charge is 0.255 e. The Bertz CT molecular complexity index is 1470. The summed E-state index contributed by atoms with van der Waals surface area (Å²) in [6, 6.07) is 28.8. The maximum Gasteiger partial charge on any atom is 0.255 e. The van der Waals surface area contributed by atoms with E-state index in [-0.39, 0.29) is 24.4 Å². The van der Waals surface area contributed by atoms with Gasteiger partial charge in [0.1, 0.15) is 12.3 Å². The minimum atomic E-state index is -0.256. The van der Waals surface area contributed by atoms with Crippen LogP contribution in [0.25, 0.3) is 11.3 Å². The molecular weight excluding hydrogens is 514 g/mol. The molecule has 5 rings (SSSR count). The van der Waals surface area contributed by atoms with Crippen LogP contribution in [-0.4, -0.2) is 71.6 Å². The quantitative estimate of drug-likeness (QED) is 0.307.